The average molecular weight is 385 g/mol. The number of fused-ring (bicyclic) bond motifs is 2. The number of hydrogen-bond acceptors (Lipinski definition) is 7. The van der Waals surface area contributed by atoms with E-state index in [1.807, 2.05) is 35.7 Å². The molecule has 3 aromatic rings. The number of esters is 1. The lowest BCUT2D eigenvalue weighted by atomic mass is 10.1. The average Bonchev–Trinajstić information content (AvgIpc) is 3.07. The van der Waals surface area contributed by atoms with Gasteiger partial charge in [-0.2, -0.15) is 9.78 Å². The van der Waals surface area contributed by atoms with Crippen LogP contribution in [0.25, 0.3) is 21.3 Å². The smallest absolute Gasteiger partial charge is 0.325 e. The summed E-state index contributed by atoms with van der Waals surface area (Å²) < 4.78 is 6.38. The fourth-order valence-electron chi connectivity index (χ4n) is 2.80. The van der Waals surface area contributed by atoms with Crippen LogP contribution in [0.5, 0.6) is 0 Å². The van der Waals surface area contributed by atoms with Crippen LogP contribution in [0.1, 0.15) is 13.8 Å². The number of carbonyl (C=O) groups is 1. The number of rotatable bonds is 3. The van der Waals surface area contributed by atoms with Gasteiger partial charge in [-0.15, -0.1) is 11.3 Å². The second-order valence-corrected chi connectivity index (χ2v) is 7.63. The number of nitrogens with zero attached hydrogens (tertiary/aromatic N) is 3. The van der Waals surface area contributed by atoms with Gasteiger partial charge < -0.3 is 4.74 Å². The van der Waals surface area contributed by atoms with Gasteiger partial charge in [0.15, 0.2) is 5.16 Å². The second-order valence-electron chi connectivity index (χ2n) is 5.70. The van der Waals surface area contributed by atoms with Gasteiger partial charge in [0.1, 0.15) is 10.1 Å². The molecule has 0 bridgehead atoms. The Labute approximate surface area is 157 Å². The monoisotopic (exact) mass is 385 g/mol. The first kappa shape index (κ1) is 17.0. The molecule has 0 radical (unpaired) electrons. The van der Waals surface area contributed by atoms with E-state index in [4.69, 9.17) is 4.74 Å². The number of carbonyl (C=O) groups excluding carboxylic acids is 1. The number of thioether (sulfide) groups is 1. The van der Waals surface area contributed by atoms with Crippen LogP contribution in [0.15, 0.2) is 50.8 Å². The van der Waals surface area contributed by atoms with Crippen molar-refractivity contribution >= 4 is 45.0 Å². The molecule has 26 heavy (non-hydrogen) atoms. The maximum atomic E-state index is 13.1. The molecule has 4 rings (SSSR count). The van der Waals surface area contributed by atoms with Crippen LogP contribution in [-0.2, 0) is 9.53 Å². The second kappa shape index (κ2) is 6.69. The fourth-order valence-corrected chi connectivity index (χ4v) is 4.75. The Morgan fingerprint density at radius 3 is 2.81 bits per heavy atom. The van der Waals surface area contributed by atoms with E-state index in [-0.39, 0.29) is 11.5 Å². The first-order valence-electron chi connectivity index (χ1n) is 8.08. The maximum absolute atomic E-state index is 13.1. The number of ether oxygens (including phenoxy) is 1. The summed E-state index contributed by atoms with van der Waals surface area (Å²) in [6.07, 6.45) is 0. The quantitative estimate of drug-likeness (QED) is 0.510. The normalized spacial score (nSPS) is 16.2. The summed E-state index contributed by atoms with van der Waals surface area (Å²) in [7, 11) is 0. The Bertz CT molecular complexity index is 1090. The molecule has 0 amide bonds. The van der Waals surface area contributed by atoms with Crippen LogP contribution >= 0.6 is 23.1 Å². The molecule has 1 aliphatic heterocycles. The van der Waals surface area contributed by atoms with Gasteiger partial charge in [-0.25, -0.2) is 4.98 Å². The van der Waals surface area contributed by atoms with E-state index in [0.717, 1.165) is 11.1 Å². The molecule has 0 saturated heterocycles. The summed E-state index contributed by atoms with van der Waals surface area (Å²) in [4.78, 5) is 30.4. The summed E-state index contributed by atoms with van der Waals surface area (Å²) in [6, 6.07) is 9.73. The molecule has 0 saturated carbocycles. The summed E-state index contributed by atoms with van der Waals surface area (Å²) in [6.45, 7) is 3.78. The van der Waals surface area contributed by atoms with Crippen LogP contribution in [0.4, 0.5) is 0 Å². The van der Waals surface area contributed by atoms with Crippen molar-refractivity contribution in [3.63, 3.8) is 0 Å². The summed E-state index contributed by atoms with van der Waals surface area (Å²) in [5.41, 5.74) is 2.12. The van der Waals surface area contributed by atoms with Gasteiger partial charge in [0.25, 0.3) is 5.56 Å². The molecular formula is C18H15N3O3S2. The first-order chi connectivity index (χ1) is 12.6. The fraction of sp³-hybridized carbons (Fsp3) is 0.222. The SMILES string of the molecule is CCOC(=O)C1Sc2nc3scc(-c4ccccc4)c3c(=O)n2N=C1C. The zero-order valence-electron chi connectivity index (χ0n) is 14.1. The Hall–Kier alpha value is -2.45. The highest BCUT2D eigenvalue weighted by atomic mass is 32.2. The van der Waals surface area contributed by atoms with Crippen LogP contribution in [0, 0.1) is 0 Å². The summed E-state index contributed by atoms with van der Waals surface area (Å²) in [5, 5.41) is 6.66. The third kappa shape index (κ3) is 2.75. The van der Waals surface area contributed by atoms with Crippen LogP contribution in [0.2, 0.25) is 0 Å². The van der Waals surface area contributed by atoms with Crippen molar-refractivity contribution in [1.29, 1.82) is 0 Å². The highest BCUT2D eigenvalue weighted by Crippen LogP contribution is 2.34. The Kier molecular flexibility index (Phi) is 4.37. The highest BCUT2D eigenvalue weighted by molar-refractivity contribution is 8.01. The highest BCUT2D eigenvalue weighted by Gasteiger charge is 2.31. The van der Waals surface area contributed by atoms with Crippen molar-refractivity contribution in [3.05, 3.63) is 46.1 Å². The van der Waals surface area contributed by atoms with Gasteiger partial charge in [0, 0.05) is 10.9 Å². The van der Waals surface area contributed by atoms with Crippen LogP contribution in [0.3, 0.4) is 0 Å². The van der Waals surface area contributed by atoms with E-state index < -0.39 is 5.25 Å². The van der Waals surface area contributed by atoms with Crippen molar-refractivity contribution < 1.29 is 9.53 Å². The third-order valence-electron chi connectivity index (χ3n) is 4.00. The Morgan fingerprint density at radius 2 is 2.08 bits per heavy atom. The molecule has 132 valence electrons. The van der Waals surface area contributed by atoms with E-state index in [1.165, 1.54) is 27.8 Å². The topological polar surface area (TPSA) is 73.5 Å². The van der Waals surface area contributed by atoms with Crippen molar-refractivity contribution in [1.82, 2.24) is 9.66 Å². The predicted molar refractivity (Wildman–Crippen MR) is 104 cm³/mol. The molecule has 1 unspecified atom stereocenters. The largest absolute Gasteiger partial charge is 0.465 e. The molecule has 3 heterocycles. The van der Waals surface area contributed by atoms with Gasteiger partial charge in [-0.1, -0.05) is 42.1 Å². The third-order valence-corrected chi connectivity index (χ3v) is 6.12. The van der Waals surface area contributed by atoms with Gasteiger partial charge in [-0.3, -0.25) is 9.59 Å². The maximum Gasteiger partial charge on any atom is 0.325 e. The molecule has 2 aromatic heterocycles. The van der Waals surface area contributed by atoms with E-state index in [9.17, 15) is 9.59 Å². The minimum atomic E-state index is -0.576. The van der Waals surface area contributed by atoms with Crippen LogP contribution in [-0.4, -0.2) is 33.2 Å². The van der Waals surface area contributed by atoms with Gasteiger partial charge in [0.2, 0.25) is 0 Å². The van der Waals surface area contributed by atoms with E-state index >= 15 is 0 Å². The van der Waals surface area contributed by atoms with Gasteiger partial charge in [0.05, 0.1) is 17.7 Å². The van der Waals surface area contributed by atoms with Gasteiger partial charge >= 0.3 is 5.97 Å². The lowest BCUT2D eigenvalue weighted by Gasteiger charge is -2.20. The van der Waals surface area contributed by atoms with Crippen molar-refractivity contribution in [3.8, 4) is 11.1 Å². The predicted octanol–water partition coefficient (Wildman–Crippen LogP) is 3.39. The van der Waals surface area contributed by atoms with E-state index in [2.05, 4.69) is 10.1 Å². The van der Waals surface area contributed by atoms with Gasteiger partial charge in [-0.05, 0) is 19.4 Å². The van der Waals surface area contributed by atoms with Crippen molar-refractivity contribution in [2.24, 2.45) is 5.10 Å². The summed E-state index contributed by atoms with van der Waals surface area (Å²) >= 11 is 2.61. The molecule has 1 aromatic carbocycles. The molecule has 0 aliphatic carbocycles. The number of thiophene rings is 1. The molecular weight excluding hydrogens is 370 g/mol. The standard InChI is InChI=1S/C18H15N3O3S2/c1-3-24-17(23)14-10(2)20-21-16(22)13-12(11-7-5-4-6-8-11)9-25-15(13)19-18(21)26-14/h4-9,14H,3H2,1-2H3. The summed E-state index contributed by atoms with van der Waals surface area (Å²) in [5.74, 6) is -0.365. The lowest BCUT2D eigenvalue weighted by molar-refractivity contribution is -0.141. The van der Waals surface area contributed by atoms with E-state index in [1.54, 1.807) is 13.8 Å². The molecule has 1 atom stereocenters. The first-order valence-corrected chi connectivity index (χ1v) is 9.84. The minimum absolute atomic E-state index is 0.223. The number of benzene rings is 1. The zero-order valence-corrected chi connectivity index (χ0v) is 15.8. The lowest BCUT2D eigenvalue weighted by Crippen LogP contribution is -2.34. The van der Waals surface area contributed by atoms with Crippen molar-refractivity contribution in [2.45, 2.75) is 24.3 Å². The molecule has 0 spiro atoms. The number of hydrogen-bond donors (Lipinski definition) is 0. The minimum Gasteiger partial charge on any atom is -0.465 e. The van der Waals surface area contributed by atoms with E-state index in [0.29, 0.717) is 27.7 Å². The molecule has 1 aliphatic rings. The molecule has 0 N–H and O–H groups in total. The van der Waals surface area contributed by atoms with Crippen LogP contribution < -0.4 is 5.56 Å². The Morgan fingerprint density at radius 1 is 1.31 bits per heavy atom. The van der Waals surface area contributed by atoms with Crippen molar-refractivity contribution in [2.75, 3.05) is 6.61 Å². The molecule has 6 nitrogen and oxygen atoms in total. The zero-order chi connectivity index (χ0) is 18.3. The Balaban J connectivity index is 1.87. The number of aromatic nitrogens is 2. The molecule has 8 heteroatoms. The molecule has 0 fully saturated rings.